The lowest BCUT2D eigenvalue weighted by molar-refractivity contribution is 0.129. The van der Waals surface area contributed by atoms with Gasteiger partial charge in [0.15, 0.2) is 0 Å². The van der Waals surface area contributed by atoms with Gasteiger partial charge in [0.1, 0.15) is 0 Å². The Bertz CT molecular complexity index is 316. The van der Waals surface area contributed by atoms with Crippen molar-refractivity contribution in [1.29, 1.82) is 0 Å². The van der Waals surface area contributed by atoms with Crippen molar-refractivity contribution in [3.05, 3.63) is 35.9 Å². The number of nitrogens with one attached hydrogen (secondary N) is 1. The molecule has 0 saturated carbocycles. The largest absolute Gasteiger partial charge is 0.383 e. The summed E-state index contributed by atoms with van der Waals surface area (Å²) < 4.78 is 5.15. The summed E-state index contributed by atoms with van der Waals surface area (Å²) in [6.07, 6.45) is 0. The molecule has 0 bridgehead atoms. The van der Waals surface area contributed by atoms with Crippen molar-refractivity contribution in [2.24, 2.45) is 0 Å². The molecule has 0 saturated heterocycles. The van der Waals surface area contributed by atoms with Crippen molar-refractivity contribution < 1.29 is 4.74 Å². The number of likely N-dealkylation sites (N-methyl/N-ethyl adjacent to an activating group) is 2. The number of hydrogen-bond acceptors (Lipinski definition) is 3. The van der Waals surface area contributed by atoms with Crippen LogP contribution in [0, 0.1) is 0 Å². The van der Waals surface area contributed by atoms with E-state index >= 15 is 0 Å². The van der Waals surface area contributed by atoms with Gasteiger partial charge in [0.25, 0.3) is 0 Å². The second-order valence-corrected chi connectivity index (χ2v) is 4.66. The van der Waals surface area contributed by atoms with Gasteiger partial charge in [-0.2, -0.15) is 0 Å². The van der Waals surface area contributed by atoms with Gasteiger partial charge in [-0.05, 0) is 26.1 Å². The molecule has 1 aromatic carbocycles. The second kappa shape index (κ2) is 8.25. The Morgan fingerprint density at radius 1 is 1.28 bits per heavy atom. The van der Waals surface area contributed by atoms with Crippen LogP contribution in [-0.4, -0.2) is 44.8 Å². The zero-order valence-electron chi connectivity index (χ0n) is 12.0. The molecule has 18 heavy (non-hydrogen) atoms. The quantitative estimate of drug-likeness (QED) is 0.766. The molecule has 3 nitrogen and oxygen atoms in total. The molecule has 102 valence electrons. The fourth-order valence-corrected chi connectivity index (χ4v) is 2.14. The van der Waals surface area contributed by atoms with Crippen molar-refractivity contribution in [2.75, 3.05) is 33.9 Å². The fraction of sp³-hybridized carbons (Fsp3) is 0.600. The van der Waals surface area contributed by atoms with Crippen LogP contribution in [0.3, 0.4) is 0 Å². The first-order chi connectivity index (χ1) is 8.70. The third-order valence-electron chi connectivity index (χ3n) is 3.41. The van der Waals surface area contributed by atoms with Gasteiger partial charge in [0.2, 0.25) is 0 Å². The third-order valence-corrected chi connectivity index (χ3v) is 3.41. The number of hydrogen-bond donors (Lipinski definition) is 1. The van der Waals surface area contributed by atoms with E-state index in [-0.39, 0.29) is 0 Å². The summed E-state index contributed by atoms with van der Waals surface area (Å²) in [7, 11) is 3.90. The van der Waals surface area contributed by atoms with E-state index in [9.17, 15) is 0 Å². The van der Waals surface area contributed by atoms with Crippen LogP contribution in [0.4, 0.5) is 0 Å². The molecular weight excluding hydrogens is 224 g/mol. The van der Waals surface area contributed by atoms with Gasteiger partial charge in [0, 0.05) is 25.7 Å². The molecule has 2 unspecified atom stereocenters. The molecule has 0 radical (unpaired) electrons. The lowest BCUT2D eigenvalue weighted by Gasteiger charge is -2.32. The topological polar surface area (TPSA) is 24.5 Å². The molecule has 0 aliphatic heterocycles. The summed E-state index contributed by atoms with van der Waals surface area (Å²) in [6, 6.07) is 11.4. The zero-order valence-corrected chi connectivity index (χ0v) is 12.0. The van der Waals surface area contributed by atoms with E-state index in [0.29, 0.717) is 12.1 Å². The normalized spacial score (nSPS) is 14.7. The Hall–Kier alpha value is -0.900. The van der Waals surface area contributed by atoms with Crippen molar-refractivity contribution in [2.45, 2.75) is 25.9 Å². The SMILES string of the molecule is CCNC(c1ccccc1)C(C)N(C)CCOC. The first kappa shape index (κ1) is 15.2. The summed E-state index contributed by atoms with van der Waals surface area (Å²) in [5.41, 5.74) is 1.34. The van der Waals surface area contributed by atoms with E-state index in [0.717, 1.165) is 19.7 Å². The minimum atomic E-state index is 0.359. The molecule has 3 heteroatoms. The van der Waals surface area contributed by atoms with Crippen LogP contribution in [0.25, 0.3) is 0 Å². The molecule has 0 aromatic heterocycles. The summed E-state index contributed by atoms with van der Waals surface area (Å²) in [5, 5.41) is 3.57. The fourth-order valence-electron chi connectivity index (χ4n) is 2.14. The van der Waals surface area contributed by atoms with Crippen LogP contribution in [0.15, 0.2) is 30.3 Å². The lowest BCUT2D eigenvalue weighted by Crippen LogP contribution is -2.42. The summed E-state index contributed by atoms with van der Waals surface area (Å²) in [4.78, 5) is 2.34. The van der Waals surface area contributed by atoms with Crippen LogP contribution in [-0.2, 0) is 4.74 Å². The second-order valence-electron chi connectivity index (χ2n) is 4.66. The van der Waals surface area contributed by atoms with E-state index in [1.165, 1.54) is 5.56 Å². The highest BCUT2D eigenvalue weighted by Gasteiger charge is 2.21. The highest BCUT2D eigenvalue weighted by atomic mass is 16.5. The van der Waals surface area contributed by atoms with Crippen molar-refractivity contribution in [1.82, 2.24) is 10.2 Å². The third kappa shape index (κ3) is 4.41. The number of nitrogens with zero attached hydrogens (tertiary/aromatic N) is 1. The highest BCUT2D eigenvalue weighted by Crippen LogP contribution is 2.19. The molecule has 0 spiro atoms. The summed E-state index contributed by atoms with van der Waals surface area (Å²) in [6.45, 7) is 7.11. The van der Waals surface area contributed by atoms with E-state index in [4.69, 9.17) is 4.74 Å². The van der Waals surface area contributed by atoms with Crippen LogP contribution < -0.4 is 5.32 Å². The Labute approximate surface area is 111 Å². The molecule has 0 amide bonds. The smallest absolute Gasteiger partial charge is 0.0589 e. The van der Waals surface area contributed by atoms with E-state index in [2.05, 4.69) is 61.4 Å². The monoisotopic (exact) mass is 250 g/mol. The summed E-state index contributed by atoms with van der Waals surface area (Å²) in [5.74, 6) is 0. The molecule has 0 aliphatic carbocycles. The summed E-state index contributed by atoms with van der Waals surface area (Å²) >= 11 is 0. The molecule has 2 atom stereocenters. The van der Waals surface area contributed by atoms with Crippen molar-refractivity contribution >= 4 is 0 Å². The minimum absolute atomic E-state index is 0.359. The standard InChI is InChI=1S/C15H26N2O/c1-5-16-15(14-9-7-6-8-10-14)13(2)17(3)11-12-18-4/h6-10,13,15-16H,5,11-12H2,1-4H3. The maximum atomic E-state index is 5.15. The van der Waals surface area contributed by atoms with E-state index in [1.54, 1.807) is 7.11 Å². The number of ether oxygens (including phenoxy) is 1. The van der Waals surface area contributed by atoms with Crippen LogP contribution in [0.5, 0.6) is 0 Å². The minimum Gasteiger partial charge on any atom is -0.383 e. The predicted molar refractivity (Wildman–Crippen MR) is 76.8 cm³/mol. The number of benzene rings is 1. The lowest BCUT2D eigenvalue weighted by atomic mass is 9.99. The van der Waals surface area contributed by atoms with E-state index < -0.39 is 0 Å². The maximum absolute atomic E-state index is 5.15. The Morgan fingerprint density at radius 2 is 1.94 bits per heavy atom. The van der Waals surface area contributed by atoms with Crippen LogP contribution in [0.1, 0.15) is 25.5 Å². The highest BCUT2D eigenvalue weighted by molar-refractivity contribution is 5.20. The van der Waals surface area contributed by atoms with E-state index in [1.807, 2.05) is 0 Å². The Morgan fingerprint density at radius 3 is 2.50 bits per heavy atom. The molecular formula is C15H26N2O. The molecule has 1 aromatic rings. The molecule has 0 heterocycles. The molecule has 0 aliphatic rings. The van der Waals surface area contributed by atoms with Crippen molar-refractivity contribution in [3.8, 4) is 0 Å². The molecule has 1 N–H and O–H groups in total. The molecule has 1 rings (SSSR count). The van der Waals surface area contributed by atoms with Gasteiger partial charge in [0.05, 0.1) is 6.61 Å². The van der Waals surface area contributed by atoms with Crippen LogP contribution in [0.2, 0.25) is 0 Å². The average Bonchev–Trinajstić information content (AvgIpc) is 2.42. The van der Waals surface area contributed by atoms with Gasteiger partial charge in [-0.1, -0.05) is 37.3 Å². The van der Waals surface area contributed by atoms with Gasteiger partial charge < -0.3 is 10.1 Å². The van der Waals surface area contributed by atoms with Gasteiger partial charge >= 0.3 is 0 Å². The van der Waals surface area contributed by atoms with Gasteiger partial charge in [-0.25, -0.2) is 0 Å². The molecule has 0 fully saturated rings. The van der Waals surface area contributed by atoms with Crippen LogP contribution >= 0.6 is 0 Å². The van der Waals surface area contributed by atoms with Gasteiger partial charge in [-0.15, -0.1) is 0 Å². The predicted octanol–water partition coefficient (Wildman–Crippen LogP) is 2.30. The first-order valence-corrected chi connectivity index (χ1v) is 6.68. The maximum Gasteiger partial charge on any atom is 0.0589 e. The average molecular weight is 250 g/mol. The zero-order chi connectivity index (χ0) is 13.4. The number of methoxy groups -OCH3 is 1. The van der Waals surface area contributed by atoms with Crippen molar-refractivity contribution in [3.63, 3.8) is 0 Å². The number of rotatable bonds is 8. The van der Waals surface area contributed by atoms with Gasteiger partial charge in [-0.3, -0.25) is 4.90 Å². The Balaban J connectivity index is 2.72. The first-order valence-electron chi connectivity index (χ1n) is 6.68. The Kier molecular flexibility index (Phi) is 6.94.